The van der Waals surface area contributed by atoms with Gasteiger partial charge in [-0.25, -0.2) is 9.78 Å². The Kier molecular flexibility index (Phi) is 4.17. The summed E-state index contributed by atoms with van der Waals surface area (Å²) in [6.45, 7) is 2.21. The first-order valence-electron chi connectivity index (χ1n) is 5.87. The summed E-state index contributed by atoms with van der Waals surface area (Å²) in [4.78, 5) is 15.9. The average molecular weight is 316 g/mol. The molecule has 0 saturated heterocycles. The van der Waals surface area contributed by atoms with Crippen LogP contribution in [-0.4, -0.2) is 16.1 Å². The van der Waals surface area contributed by atoms with Crippen molar-refractivity contribution in [3.8, 4) is 0 Å². The molecule has 1 aromatic heterocycles. The van der Waals surface area contributed by atoms with E-state index < -0.39 is 23.3 Å². The molecule has 0 fully saturated rings. The van der Waals surface area contributed by atoms with Crippen molar-refractivity contribution in [2.45, 2.75) is 19.6 Å². The second-order valence-electron chi connectivity index (χ2n) is 4.26. The topological polar surface area (TPSA) is 62.2 Å². The van der Waals surface area contributed by atoms with Gasteiger partial charge in [-0.3, -0.25) is 0 Å². The number of alkyl halides is 3. The van der Waals surface area contributed by atoms with E-state index in [1.54, 1.807) is 6.20 Å². The lowest BCUT2D eigenvalue weighted by atomic mass is 10.1. The zero-order valence-electron chi connectivity index (χ0n) is 10.9. The van der Waals surface area contributed by atoms with Gasteiger partial charge in [-0.2, -0.15) is 13.2 Å². The van der Waals surface area contributed by atoms with Gasteiger partial charge < -0.3 is 10.4 Å². The Morgan fingerprint density at radius 3 is 2.67 bits per heavy atom. The maximum Gasteiger partial charge on any atom is 0.417 e. The Labute approximate surface area is 122 Å². The summed E-state index contributed by atoms with van der Waals surface area (Å²) < 4.78 is 38.1. The van der Waals surface area contributed by atoms with Crippen LogP contribution in [0.5, 0.6) is 0 Å². The first-order valence-corrected chi connectivity index (χ1v) is 6.69. The van der Waals surface area contributed by atoms with Crippen LogP contribution in [-0.2, 0) is 12.7 Å². The Morgan fingerprint density at radius 2 is 2.14 bits per heavy atom. The third-order valence-corrected chi connectivity index (χ3v) is 3.60. The molecule has 0 aliphatic rings. The second-order valence-corrected chi connectivity index (χ2v) is 5.58. The average Bonchev–Trinajstić information content (AvgIpc) is 2.80. The van der Waals surface area contributed by atoms with Crippen molar-refractivity contribution < 1.29 is 23.1 Å². The van der Waals surface area contributed by atoms with Crippen molar-refractivity contribution in [2.24, 2.45) is 0 Å². The molecule has 8 heteroatoms. The number of aryl methyl sites for hydroxylation is 1. The van der Waals surface area contributed by atoms with Crippen LogP contribution in [0.25, 0.3) is 0 Å². The molecule has 4 nitrogen and oxygen atoms in total. The highest BCUT2D eigenvalue weighted by molar-refractivity contribution is 7.11. The molecule has 112 valence electrons. The Balaban J connectivity index is 2.22. The highest BCUT2D eigenvalue weighted by atomic mass is 32.1. The highest BCUT2D eigenvalue weighted by Crippen LogP contribution is 2.33. The normalized spacial score (nSPS) is 11.4. The lowest BCUT2D eigenvalue weighted by Crippen LogP contribution is -2.13. The minimum atomic E-state index is -4.69. The predicted octanol–water partition coefficient (Wildman–Crippen LogP) is 3.78. The maximum absolute atomic E-state index is 12.7. The summed E-state index contributed by atoms with van der Waals surface area (Å²) >= 11 is 1.45. The first kappa shape index (κ1) is 15.3. The number of aromatic carboxylic acids is 1. The fourth-order valence-electron chi connectivity index (χ4n) is 1.75. The van der Waals surface area contributed by atoms with E-state index in [2.05, 4.69) is 10.3 Å². The summed E-state index contributed by atoms with van der Waals surface area (Å²) in [5.41, 5.74) is -1.62. The minimum absolute atomic E-state index is 0.312. The number of nitrogens with zero attached hydrogens (tertiary/aromatic N) is 1. The van der Waals surface area contributed by atoms with Gasteiger partial charge in [-0.15, -0.1) is 11.3 Å². The smallest absolute Gasteiger partial charge is 0.417 e. The Hall–Kier alpha value is -2.09. The molecule has 0 atom stereocenters. The van der Waals surface area contributed by atoms with Gasteiger partial charge in [0.15, 0.2) is 0 Å². The third kappa shape index (κ3) is 3.72. The highest BCUT2D eigenvalue weighted by Gasteiger charge is 2.35. The Bertz CT molecular complexity index is 668. The second kappa shape index (κ2) is 5.72. The molecule has 2 rings (SSSR count). The van der Waals surface area contributed by atoms with Crippen molar-refractivity contribution in [3.63, 3.8) is 0 Å². The van der Waals surface area contributed by atoms with Crippen LogP contribution in [0.2, 0.25) is 0 Å². The summed E-state index contributed by atoms with van der Waals surface area (Å²) in [5, 5.41) is 12.7. The monoisotopic (exact) mass is 316 g/mol. The van der Waals surface area contributed by atoms with Crippen LogP contribution in [0.1, 0.15) is 25.8 Å². The molecule has 2 aromatic rings. The molecule has 0 amide bonds. The number of nitrogens with one attached hydrogen (secondary N) is 1. The van der Waals surface area contributed by atoms with E-state index >= 15 is 0 Å². The van der Waals surface area contributed by atoms with Crippen molar-refractivity contribution in [1.82, 2.24) is 4.98 Å². The number of hydrogen-bond donors (Lipinski definition) is 2. The Morgan fingerprint density at radius 1 is 1.43 bits per heavy atom. The molecule has 0 aliphatic heterocycles. The van der Waals surface area contributed by atoms with E-state index in [0.29, 0.717) is 12.2 Å². The summed E-state index contributed by atoms with van der Waals surface area (Å²) in [6, 6.07) is 2.96. The van der Waals surface area contributed by atoms with E-state index in [4.69, 9.17) is 5.11 Å². The zero-order valence-corrected chi connectivity index (χ0v) is 11.7. The minimum Gasteiger partial charge on any atom is -0.478 e. The number of aromatic nitrogens is 1. The molecule has 2 N–H and O–H groups in total. The molecular weight excluding hydrogens is 305 g/mol. The number of carboxylic acids is 1. The summed E-state index contributed by atoms with van der Waals surface area (Å²) in [7, 11) is 0. The number of rotatable bonds is 4. The van der Waals surface area contributed by atoms with Gasteiger partial charge in [0.25, 0.3) is 0 Å². The van der Waals surface area contributed by atoms with Crippen LogP contribution in [0.4, 0.5) is 18.9 Å². The number of carboxylic acid groups (broad SMARTS) is 1. The molecule has 1 heterocycles. The number of anilines is 1. The van der Waals surface area contributed by atoms with Crippen molar-refractivity contribution in [2.75, 3.05) is 5.32 Å². The molecule has 0 saturated carbocycles. The van der Waals surface area contributed by atoms with Crippen LogP contribution in [0.3, 0.4) is 0 Å². The molecule has 0 radical (unpaired) electrons. The van der Waals surface area contributed by atoms with Gasteiger partial charge in [0.2, 0.25) is 0 Å². The van der Waals surface area contributed by atoms with E-state index in [1.807, 2.05) is 6.92 Å². The molecule has 0 bridgehead atoms. The van der Waals surface area contributed by atoms with Gasteiger partial charge >= 0.3 is 12.1 Å². The van der Waals surface area contributed by atoms with E-state index in [9.17, 15) is 18.0 Å². The maximum atomic E-state index is 12.7. The van der Waals surface area contributed by atoms with Crippen LogP contribution in [0.15, 0.2) is 24.4 Å². The molecule has 0 unspecified atom stereocenters. The van der Waals surface area contributed by atoms with Crippen LogP contribution in [0, 0.1) is 6.92 Å². The molecule has 0 aliphatic carbocycles. The lowest BCUT2D eigenvalue weighted by Gasteiger charge is -2.12. The van der Waals surface area contributed by atoms with Gasteiger partial charge in [-0.05, 0) is 25.1 Å². The summed E-state index contributed by atoms with van der Waals surface area (Å²) in [6.07, 6.45) is -3.03. The van der Waals surface area contributed by atoms with Gasteiger partial charge in [0.05, 0.1) is 22.7 Å². The predicted molar refractivity (Wildman–Crippen MR) is 72.6 cm³/mol. The largest absolute Gasteiger partial charge is 0.478 e. The number of halogens is 3. The fraction of sp³-hybridized carbons (Fsp3) is 0.231. The lowest BCUT2D eigenvalue weighted by molar-refractivity contribution is -0.138. The number of thiazole rings is 1. The third-order valence-electron chi connectivity index (χ3n) is 2.69. The standard InChI is InChI=1S/C13H11F3N2O2S/c1-7-17-5-9(21-7)6-18-8-2-3-11(13(14,15)16)10(4-8)12(19)20/h2-5,18H,6H2,1H3,(H,19,20). The number of benzene rings is 1. The van der Waals surface area contributed by atoms with Gasteiger partial charge in [0, 0.05) is 16.8 Å². The fourth-order valence-corrected chi connectivity index (χ4v) is 2.49. The molecule has 21 heavy (non-hydrogen) atoms. The van der Waals surface area contributed by atoms with Gasteiger partial charge in [0.1, 0.15) is 0 Å². The van der Waals surface area contributed by atoms with Crippen molar-refractivity contribution in [1.29, 1.82) is 0 Å². The molecule has 1 aromatic carbocycles. The number of carbonyl (C=O) groups is 1. The molecular formula is C13H11F3N2O2S. The first-order chi connectivity index (χ1) is 9.77. The number of hydrogen-bond acceptors (Lipinski definition) is 4. The van der Waals surface area contributed by atoms with E-state index in [-0.39, 0.29) is 0 Å². The van der Waals surface area contributed by atoms with Crippen LogP contribution >= 0.6 is 11.3 Å². The van der Waals surface area contributed by atoms with Crippen molar-refractivity contribution >= 4 is 23.0 Å². The zero-order chi connectivity index (χ0) is 15.6. The van der Waals surface area contributed by atoms with E-state index in [0.717, 1.165) is 22.0 Å². The quantitative estimate of drug-likeness (QED) is 0.901. The van der Waals surface area contributed by atoms with Gasteiger partial charge in [-0.1, -0.05) is 0 Å². The van der Waals surface area contributed by atoms with E-state index in [1.165, 1.54) is 17.4 Å². The molecule has 0 spiro atoms. The SMILES string of the molecule is Cc1ncc(CNc2ccc(C(F)(F)F)c(C(=O)O)c2)s1. The van der Waals surface area contributed by atoms with Crippen molar-refractivity contribution in [3.05, 3.63) is 45.4 Å². The van der Waals surface area contributed by atoms with Crippen LogP contribution < -0.4 is 5.32 Å². The summed E-state index contributed by atoms with van der Waals surface area (Å²) in [5.74, 6) is -1.61.